The van der Waals surface area contributed by atoms with Gasteiger partial charge in [0.15, 0.2) is 24.1 Å². The molecule has 2 aliphatic heterocycles. The van der Waals surface area contributed by atoms with Gasteiger partial charge in [0.1, 0.15) is 5.75 Å². The van der Waals surface area contributed by atoms with Crippen molar-refractivity contribution in [1.29, 1.82) is 0 Å². The summed E-state index contributed by atoms with van der Waals surface area (Å²) >= 11 is 0. The number of nitrogens with two attached hydrogens (primary N) is 1. The van der Waals surface area contributed by atoms with Crippen molar-refractivity contribution in [2.45, 2.75) is 12.5 Å². The van der Waals surface area contributed by atoms with Crippen LogP contribution in [0.2, 0.25) is 0 Å². The van der Waals surface area contributed by atoms with Crippen molar-refractivity contribution >= 4 is 5.91 Å². The van der Waals surface area contributed by atoms with E-state index in [1.165, 1.54) is 0 Å². The topological polar surface area (TPSA) is 124 Å². The third kappa shape index (κ3) is 3.41. The number of fused-ring (bicyclic) bond motifs is 2. The standard InChI is InChI=1S/C22H24N6O5/c1-28(11-17(23)29)9-8-13-10-16-20(33-12-32-16)21(31-3)18(13)19(28)22-24-25-26-27(22)14-4-6-15(30-2)7-5-14/h4-7,10,19H,8-9,11-12H2,1-3H3,(H-,23,29)/p+1/t19-,28?/m1/s1. The number of amides is 1. The van der Waals surface area contributed by atoms with Gasteiger partial charge < -0.3 is 29.2 Å². The molecule has 3 aromatic rings. The summed E-state index contributed by atoms with van der Waals surface area (Å²) in [6.07, 6.45) is 0.701. The number of hydrogen-bond donors (Lipinski definition) is 1. The maximum atomic E-state index is 12.1. The number of likely N-dealkylation sites (N-methyl/N-ethyl adjacent to an activating group) is 1. The Bertz CT molecular complexity index is 1210. The minimum absolute atomic E-state index is 0.108. The van der Waals surface area contributed by atoms with Crippen LogP contribution < -0.4 is 24.7 Å². The third-order valence-corrected chi connectivity index (χ3v) is 6.31. The molecule has 0 saturated carbocycles. The molecule has 0 saturated heterocycles. The number of aromatic nitrogens is 4. The Morgan fingerprint density at radius 1 is 1.24 bits per heavy atom. The first kappa shape index (κ1) is 21.0. The Labute approximate surface area is 190 Å². The number of tetrazole rings is 1. The maximum absolute atomic E-state index is 12.1. The van der Waals surface area contributed by atoms with E-state index in [1.54, 1.807) is 18.9 Å². The van der Waals surface area contributed by atoms with Crippen LogP contribution in [0, 0.1) is 0 Å². The summed E-state index contributed by atoms with van der Waals surface area (Å²) in [6, 6.07) is 8.96. The van der Waals surface area contributed by atoms with Gasteiger partial charge in [-0.25, -0.2) is 0 Å². The van der Waals surface area contributed by atoms with Gasteiger partial charge in [-0.05, 0) is 46.3 Å². The van der Waals surface area contributed by atoms with Gasteiger partial charge in [0, 0.05) is 6.42 Å². The molecule has 0 radical (unpaired) electrons. The SMILES string of the molecule is COc1ccc(-n2nnnc2[C@H]2c3c(cc4c(c3OC)OCO4)CC[N+]2(C)CC(N)=O)cc1. The molecular weight excluding hydrogens is 428 g/mol. The summed E-state index contributed by atoms with van der Waals surface area (Å²) in [5.41, 5.74) is 8.34. The van der Waals surface area contributed by atoms with Gasteiger partial charge in [-0.2, -0.15) is 4.68 Å². The zero-order chi connectivity index (χ0) is 23.2. The van der Waals surface area contributed by atoms with E-state index in [0.29, 0.717) is 36.0 Å². The normalized spacial score (nSPS) is 20.9. The fourth-order valence-electron chi connectivity index (χ4n) is 4.81. The van der Waals surface area contributed by atoms with E-state index >= 15 is 0 Å². The van der Waals surface area contributed by atoms with Crippen LogP contribution in [0.5, 0.6) is 23.0 Å². The number of rotatable bonds is 6. The van der Waals surface area contributed by atoms with Crippen molar-refractivity contribution in [3.8, 4) is 28.7 Å². The fraction of sp³-hybridized carbons (Fsp3) is 0.364. The Morgan fingerprint density at radius 3 is 2.73 bits per heavy atom. The molecule has 5 rings (SSSR count). The average molecular weight is 453 g/mol. The van der Waals surface area contributed by atoms with Gasteiger partial charge in [-0.1, -0.05) is 0 Å². The van der Waals surface area contributed by atoms with E-state index in [1.807, 2.05) is 37.4 Å². The highest BCUT2D eigenvalue weighted by molar-refractivity contribution is 5.75. The highest BCUT2D eigenvalue weighted by Gasteiger charge is 2.48. The first-order valence-corrected chi connectivity index (χ1v) is 10.5. The van der Waals surface area contributed by atoms with Crippen LogP contribution in [0.25, 0.3) is 5.69 Å². The second-order valence-electron chi connectivity index (χ2n) is 8.34. The monoisotopic (exact) mass is 453 g/mol. The number of quaternary nitrogens is 1. The summed E-state index contributed by atoms with van der Waals surface area (Å²) in [4.78, 5) is 12.1. The number of benzene rings is 2. The summed E-state index contributed by atoms with van der Waals surface area (Å²) in [5, 5.41) is 12.6. The van der Waals surface area contributed by atoms with Crippen LogP contribution in [-0.4, -0.2) is 71.7 Å². The van der Waals surface area contributed by atoms with Crippen LogP contribution in [-0.2, 0) is 11.2 Å². The molecule has 2 aliphatic rings. The predicted octanol–water partition coefficient (Wildman–Crippen LogP) is 0.986. The van der Waals surface area contributed by atoms with Crippen molar-refractivity contribution in [2.75, 3.05) is 41.1 Å². The van der Waals surface area contributed by atoms with E-state index < -0.39 is 11.9 Å². The van der Waals surface area contributed by atoms with E-state index in [0.717, 1.165) is 22.6 Å². The Hall–Kier alpha value is -3.86. The minimum atomic E-state index is -0.442. The van der Waals surface area contributed by atoms with Crippen LogP contribution in [0.15, 0.2) is 30.3 Å². The summed E-state index contributed by atoms with van der Waals surface area (Å²) in [7, 11) is 5.18. The Kier molecular flexibility index (Phi) is 5.05. The van der Waals surface area contributed by atoms with Crippen molar-refractivity contribution in [3.63, 3.8) is 0 Å². The van der Waals surface area contributed by atoms with Gasteiger partial charge in [0.2, 0.25) is 18.4 Å². The number of hydrogen-bond acceptors (Lipinski definition) is 8. The molecule has 1 aromatic heterocycles. The zero-order valence-electron chi connectivity index (χ0n) is 18.6. The highest BCUT2D eigenvalue weighted by Crippen LogP contribution is 2.52. The van der Waals surface area contributed by atoms with Crippen LogP contribution in [0.1, 0.15) is 23.0 Å². The molecule has 2 atom stereocenters. The minimum Gasteiger partial charge on any atom is -0.497 e. The van der Waals surface area contributed by atoms with E-state index in [2.05, 4.69) is 15.5 Å². The van der Waals surface area contributed by atoms with Crippen molar-refractivity contribution in [1.82, 2.24) is 20.2 Å². The summed E-state index contributed by atoms with van der Waals surface area (Å²) in [5.74, 6) is 2.61. The summed E-state index contributed by atoms with van der Waals surface area (Å²) in [6.45, 7) is 0.881. The lowest BCUT2D eigenvalue weighted by atomic mass is 9.88. The van der Waals surface area contributed by atoms with Crippen molar-refractivity contribution in [2.24, 2.45) is 5.73 Å². The van der Waals surface area contributed by atoms with Gasteiger partial charge >= 0.3 is 0 Å². The molecule has 1 amide bonds. The largest absolute Gasteiger partial charge is 0.497 e. The molecule has 3 heterocycles. The first-order chi connectivity index (χ1) is 15.9. The Morgan fingerprint density at radius 2 is 2.03 bits per heavy atom. The molecule has 11 heteroatoms. The smallest absolute Gasteiger partial charge is 0.272 e. The first-order valence-electron chi connectivity index (χ1n) is 10.5. The molecule has 2 aromatic carbocycles. The zero-order valence-corrected chi connectivity index (χ0v) is 18.6. The maximum Gasteiger partial charge on any atom is 0.272 e. The van der Waals surface area contributed by atoms with Gasteiger partial charge in [-0.15, -0.1) is 5.10 Å². The van der Waals surface area contributed by atoms with Crippen molar-refractivity contribution < 1.29 is 28.2 Å². The molecule has 0 aliphatic carbocycles. The van der Waals surface area contributed by atoms with Crippen LogP contribution in [0.4, 0.5) is 0 Å². The lowest BCUT2D eigenvalue weighted by molar-refractivity contribution is -0.929. The van der Waals surface area contributed by atoms with E-state index in [-0.39, 0.29) is 17.8 Å². The number of primary amides is 1. The van der Waals surface area contributed by atoms with E-state index in [9.17, 15) is 4.79 Å². The number of carbonyl (C=O) groups excluding carboxylic acids is 1. The second-order valence-corrected chi connectivity index (χ2v) is 8.34. The number of carbonyl (C=O) groups is 1. The van der Waals surface area contributed by atoms with Gasteiger partial charge in [0.25, 0.3) is 5.91 Å². The quantitative estimate of drug-likeness (QED) is 0.548. The fourth-order valence-corrected chi connectivity index (χ4v) is 4.81. The molecule has 0 bridgehead atoms. The molecule has 33 heavy (non-hydrogen) atoms. The predicted molar refractivity (Wildman–Crippen MR) is 115 cm³/mol. The molecule has 1 unspecified atom stereocenters. The molecule has 2 N–H and O–H groups in total. The molecule has 11 nitrogen and oxygen atoms in total. The van der Waals surface area contributed by atoms with Crippen LogP contribution in [0.3, 0.4) is 0 Å². The van der Waals surface area contributed by atoms with Gasteiger partial charge in [0.05, 0.1) is 39.1 Å². The number of methoxy groups -OCH3 is 2. The summed E-state index contributed by atoms with van der Waals surface area (Å²) < 4.78 is 24.4. The average Bonchev–Trinajstić information content (AvgIpc) is 3.46. The molecule has 0 spiro atoms. The van der Waals surface area contributed by atoms with Gasteiger partial charge in [-0.3, -0.25) is 4.79 Å². The molecule has 0 fully saturated rings. The molecular formula is C22H25N6O5+. The second kappa shape index (κ2) is 7.93. The number of nitrogens with zero attached hydrogens (tertiary/aromatic N) is 5. The number of ether oxygens (including phenoxy) is 4. The van der Waals surface area contributed by atoms with E-state index in [4.69, 9.17) is 24.7 Å². The third-order valence-electron chi connectivity index (χ3n) is 6.31. The highest BCUT2D eigenvalue weighted by atomic mass is 16.7. The molecule has 172 valence electrons. The van der Waals surface area contributed by atoms with Crippen molar-refractivity contribution in [3.05, 3.63) is 47.3 Å². The lowest BCUT2D eigenvalue weighted by Crippen LogP contribution is -2.56. The lowest BCUT2D eigenvalue weighted by Gasteiger charge is -2.44. The van der Waals surface area contributed by atoms with Crippen LogP contribution >= 0.6 is 0 Å². The Balaban J connectivity index is 1.73.